The van der Waals surface area contributed by atoms with Crippen LogP contribution in [0.1, 0.15) is 32.0 Å². The van der Waals surface area contributed by atoms with E-state index in [1.165, 1.54) is 0 Å². The molecular formula is C15H27IN4O3. The minimum absolute atomic E-state index is 0. The molecular weight excluding hydrogens is 411 g/mol. The zero-order chi connectivity index (χ0) is 15.8. The van der Waals surface area contributed by atoms with Crippen LogP contribution in [0.25, 0.3) is 0 Å². The number of nitrogens with zero attached hydrogens (tertiary/aromatic N) is 4. The van der Waals surface area contributed by atoms with Crippen molar-refractivity contribution in [3.63, 3.8) is 0 Å². The molecule has 7 nitrogen and oxygen atoms in total. The topological polar surface area (TPSA) is 63.9 Å². The fourth-order valence-electron chi connectivity index (χ4n) is 3.35. The molecule has 23 heavy (non-hydrogen) atoms. The van der Waals surface area contributed by atoms with E-state index in [1.807, 2.05) is 0 Å². The molecule has 8 heteroatoms. The minimum Gasteiger partial charge on any atom is -0.421 e. The smallest absolute Gasteiger partial charge is 0.250 e. The van der Waals surface area contributed by atoms with Crippen LogP contribution in [-0.4, -0.2) is 72.5 Å². The van der Waals surface area contributed by atoms with E-state index < -0.39 is 5.60 Å². The largest absolute Gasteiger partial charge is 0.421 e. The van der Waals surface area contributed by atoms with Crippen LogP contribution >= 0.6 is 24.0 Å². The van der Waals surface area contributed by atoms with Gasteiger partial charge in [-0.15, -0.1) is 34.2 Å². The second-order valence-corrected chi connectivity index (χ2v) is 6.97. The van der Waals surface area contributed by atoms with Crippen molar-refractivity contribution < 1.29 is 13.9 Å². The molecule has 0 bridgehead atoms. The number of likely N-dealkylation sites (N-methyl/N-ethyl adjacent to an activating group) is 1. The fourth-order valence-corrected chi connectivity index (χ4v) is 3.35. The molecule has 0 radical (unpaired) electrons. The van der Waals surface area contributed by atoms with Gasteiger partial charge in [-0.1, -0.05) is 0 Å². The molecule has 0 spiro atoms. The van der Waals surface area contributed by atoms with Gasteiger partial charge in [0.15, 0.2) is 5.60 Å². The van der Waals surface area contributed by atoms with Gasteiger partial charge >= 0.3 is 0 Å². The maximum atomic E-state index is 5.90. The molecule has 0 amide bonds. The molecule has 2 aliphatic heterocycles. The van der Waals surface area contributed by atoms with E-state index in [0.717, 1.165) is 26.1 Å². The van der Waals surface area contributed by atoms with Gasteiger partial charge in [0.25, 0.3) is 5.89 Å². The van der Waals surface area contributed by atoms with Gasteiger partial charge < -0.3 is 18.8 Å². The van der Waals surface area contributed by atoms with Crippen molar-refractivity contribution in [2.24, 2.45) is 0 Å². The third kappa shape index (κ3) is 3.87. The molecule has 1 atom stereocenters. The van der Waals surface area contributed by atoms with E-state index in [9.17, 15) is 0 Å². The molecule has 1 aromatic rings. The summed E-state index contributed by atoms with van der Waals surface area (Å²) < 4.78 is 16.9. The van der Waals surface area contributed by atoms with Crippen LogP contribution in [0.3, 0.4) is 0 Å². The van der Waals surface area contributed by atoms with Crippen LogP contribution in [0, 0.1) is 0 Å². The van der Waals surface area contributed by atoms with E-state index in [0.29, 0.717) is 31.5 Å². The Labute approximate surface area is 154 Å². The Hall–Kier alpha value is -0.290. The van der Waals surface area contributed by atoms with Crippen LogP contribution < -0.4 is 0 Å². The Morgan fingerprint density at radius 3 is 2.65 bits per heavy atom. The number of ether oxygens (including phenoxy) is 2. The standard InChI is InChI=1S/C15H26N4O3.HI/c1-14(2)10-18(3)6-7-19(14)9-12-16-17-13(22-12)15(20-4)5-8-21-11-15;/h5-11H2,1-4H3;1H. The third-order valence-electron chi connectivity index (χ3n) is 4.82. The van der Waals surface area contributed by atoms with Gasteiger partial charge in [0, 0.05) is 38.7 Å². The first-order chi connectivity index (χ1) is 10.5. The molecule has 0 saturated carbocycles. The highest BCUT2D eigenvalue weighted by molar-refractivity contribution is 14.0. The lowest BCUT2D eigenvalue weighted by molar-refractivity contribution is -0.0428. The maximum Gasteiger partial charge on any atom is 0.250 e. The summed E-state index contributed by atoms with van der Waals surface area (Å²) in [5.41, 5.74) is -0.472. The number of piperazine rings is 1. The van der Waals surface area contributed by atoms with Gasteiger partial charge in [0.05, 0.1) is 19.8 Å². The first kappa shape index (κ1) is 19.0. The van der Waals surface area contributed by atoms with E-state index in [4.69, 9.17) is 13.9 Å². The first-order valence-corrected chi connectivity index (χ1v) is 7.85. The predicted octanol–water partition coefficient (Wildman–Crippen LogP) is 1.48. The molecule has 2 aliphatic rings. The van der Waals surface area contributed by atoms with Crippen molar-refractivity contribution >= 4 is 24.0 Å². The van der Waals surface area contributed by atoms with Crippen LogP contribution in [0.5, 0.6) is 0 Å². The normalized spacial score (nSPS) is 28.7. The molecule has 0 N–H and O–H groups in total. The van der Waals surface area contributed by atoms with Crippen molar-refractivity contribution in [1.82, 2.24) is 20.0 Å². The van der Waals surface area contributed by atoms with E-state index >= 15 is 0 Å². The minimum atomic E-state index is -0.567. The van der Waals surface area contributed by atoms with Gasteiger partial charge in [-0.3, -0.25) is 4.90 Å². The van der Waals surface area contributed by atoms with Crippen LogP contribution in [0.2, 0.25) is 0 Å². The Morgan fingerprint density at radius 1 is 1.26 bits per heavy atom. The fraction of sp³-hybridized carbons (Fsp3) is 0.867. The van der Waals surface area contributed by atoms with Crippen LogP contribution in [0.15, 0.2) is 4.42 Å². The lowest BCUT2D eigenvalue weighted by Gasteiger charge is -2.45. The summed E-state index contributed by atoms with van der Waals surface area (Å²) in [4.78, 5) is 4.75. The Morgan fingerprint density at radius 2 is 2.04 bits per heavy atom. The van der Waals surface area contributed by atoms with Gasteiger partial charge in [-0.25, -0.2) is 0 Å². The highest BCUT2D eigenvalue weighted by atomic mass is 127. The second-order valence-electron chi connectivity index (χ2n) is 6.97. The Kier molecular flexibility index (Phi) is 6.04. The van der Waals surface area contributed by atoms with E-state index in [-0.39, 0.29) is 29.5 Å². The SMILES string of the molecule is COC1(c2nnc(CN3CCN(C)CC3(C)C)o2)CCOC1.I. The molecule has 1 aromatic heterocycles. The number of rotatable bonds is 4. The van der Waals surface area contributed by atoms with Crippen LogP contribution in [-0.2, 0) is 21.6 Å². The van der Waals surface area contributed by atoms with Crippen molar-refractivity contribution in [3.8, 4) is 0 Å². The number of halogens is 1. The second kappa shape index (κ2) is 7.30. The molecule has 2 saturated heterocycles. The quantitative estimate of drug-likeness (QED) is 0.660. The van der Waals surface area contributed by atoms with E-state index in [1.54, 1.807) is 7.11 Å². The first-order valence-electron chi connectivity index (χ1n) is 7.85. The van der Waals surface area contributed by atoms with Crippen molar-refractivity contribution in [1.29, 1.82) is 0 Å². The molecule has 0 aliphatic carbocycles. The third-order valence-corrected chi connectivity index (χ3v) is 4.82. The van der Waals surface area contributed by atoms with Gasteiger partial charge in [0.2, 0.25) is 5.89 Å². The summed E-state index contributed by atoms with van der Waals surface area (Å²) in [6.45, 7) is 9.41. The molecule has 3 rings (SSSR count). The van der Waals surface area contributed by atoms with Crippen LogP contribution in [0.4, 0.5) is 0 Å². The Bertz CT molecular complexity index is 517. The number of hydrogen-bond donors (Lipinski definition) is 0. The highest BCUT2D eigenvalue weighted by Crippen LogP contribution is 2.33. The summed E-state index contributed by atoms with van der Waals surface area (Å²) in [7, 11) is 3.83. The Balaban J connectivity index is 0.00000192. The van der Waals surface area contributed by atoms with Gasteiger partial charge in [-0.2, -0.15) is 0 Å². The molecule has 0 aromatic carbocycles. The lowest BCUT2D eigenvalue weighted by atomic mass is 9.99. The average molecular weight is 438 g/mol. The molecule has 132 valence electrons. The van der Waals surface area contributed by atoms with Gasteiger partial charge in [-0.05, 0) is 20.9 Å². The van der Waals surface area contributed by atoms with Crippen molar-refractivity contribution in [2.75, 3.05) is 47.0 Å². The number of methoxy groups -OCH3 is 1. The summed E-state index contributed by atoms with van der Waals surface area (Å²) in [6.07, 6.45) is 0.755. The summed E-state index contributed by atoms with van der Waals surface area (Å²) in [5.74, 6) is 1.19. The zero-order valence-electron chi connectivity index (χ0n) is 14.4. The number of hydrogen-bond acceptors (Lipinski definition) is 7. The van der Waals surface area contributed by atoms with Crippen molar-refractivity contribution in [2.45, 2.75) is 38.0 Å². The van der Waals surface area contributed by atoms with Crippen molar-refractivity contribution in [3.05, 3.63) is 11.8 Å². The average Bonchev–Trinajstić information content (AvgIpc) is 3.11. The summed E-state index contributed by atoms with van der Waals surface area (Å²) >= 11 is 0. The summed E-state index contributed by atoms with van der Waals surface area (Å²) in [6, 6.07) is 0. The van der Waals surface area contributed by atoms with Gasteiger partial charge in [0.1, 0.15) is 0 Å². The maximum absolute atomic E-state index is 5.90. The number of aromatic nitrogens is 2. The highest BCUT2D eigenvalue weighted by Gasteiger charge is 2.42. The monoisotopic (exact) mass is 438 g/mol. The predicted molar refractivity (Wildman–Crippen MR) is 95.8 cm³/mol. The van der Waals surface area contributed by atoms with E-state index in [2.05, 4.69) is 40.9 Å². The zero-order valence-corrected chi connectivity index (χ0v) is 16.7. The molecule has 1 unspecified atom stereocenters. The lowest BCUT2D eigenvalue weighted by Crippen LogP contribution is -2.57. The molecule has 3 heterocycles. The summed E-state index contributed by atoms with van der Waals surface area (Å²) in [5, 5.41) is 8.44. The molecule has 2 fully saturated rings.